The SMILES string of the molecule is Cc1csc([C@@H](C)NC(=O)N[C@H](C)Cc2c(C)nn(C)c2C)n1. The average Bonchev–Trinajstić information content (AvgIpc) is 2.98. The van der Waals surface area contributed by atoms with Gasteiger partial charge in [-0.05, 0) is 46.6 Å². The van der Waals surface area contributed by atoms with E-state index in [2.05, 4.69) is 27.6 Å². The lowest BCUT2D eigenvalue weighted by atomic mass is 10.1. The van der Waals surface area contributed by atoms with Crippen LogP contribution in [0.2, 0.25) is 0 Å². The summed E-state index contributed by atoms with van der Waals surface area (Å²) in [5.41, 5.74) is 4.34. The minimum atomic E-state index is -0.169. The molecule has 2 atom stereocenters. The molecule has 2 aromatic heterocycles. The number of carbonyl (C=O) groups excluding carboxylic acids is 1. The van der Waals surface area contributed by atoms with E-state index in [-0.39, 0.29) is 18.1 Å². The van der Waals surface area contributed by atoms with Crippen molar-refractivity contribution in [1.82, 2.24) is 25.4 Å². The van der Waals surface area contributed by atoms with Crippen LogP contribution in [-0.2, 0) is 13.5 Å². The Morgan fingerprint density at radius 1 is 1.30 bits per heavy atom. The number of carbonyl (C=O) groups is 1. The van der Waals surface area contributed by atoms with Crippen molar-refractivity contribution in [3.05, 3.63) is 33.0 Å². The zero-order chi connectivity index (χ0) is 17.1. The molecule has 0 aliphatic heterocycles. The number of hydrogen-bond acceptors (Lipinski definition) is 4. The standard InChI is InChI=1S/C16H25N5OS/c1-9(7-14-11(3)20-21(6)13(14)5)18-16(22)19-12(4)15-17-10(2)8-23-15/h8-9,12H,7H2,1-6H3,(H2,18,19,22)/t9-,12-/m1/s1. The number of nitrogens with zero attached hydrogens (tertiary/aromatic N) is 3. The quantitative estimate of drug-likeness (QED) is 0.882. The third-order valence-electron chi connectivity index (χ3n) is 3.90. The molecule has 0 aliphatic carbocycles. The van der Waals surface area contributed by atoms with Gasteiger partial charge < -0.3 is 10.6 Å². The molecule has 126 valence electrons. The van der Waals surface area contributed by atoms with Gasteiger partial charge in [-0.25, -0.2) is 9.78 Å². The molecule has 2 N–H and O–H groups in total. The molecule has 2 amide bonds. The summed E-state index contributed by atoms with van der Waals surface area (Å²) in [5.74, 6) is 0. The third-order valence-corrected chi connectivity index (χ3v) is 5.05. The molecular weight excluding hydrogens is 310 g/mol. The first-order chi connectivity index (χ1) is 10.8. The van der Waals surface area contributed by atoms with E-state index in [0.29, 0.717) is 0 Å². The van der Waals surface area contributed by atoms with Gasteiger partial charge >= 0.3 is 6.03 Å². The van der Waals surface area contributed by atoms with E-state index in [4.69, 9.17) is 0 Å². The van der Waals surface area contributed by atoms with E-state index in [0.717, 1.165) is 28.5 Å². The first-order valence-electron chi connectivity index (χ1n) is 7.76. The lowest BCUT2D eigenvalue weighted by Crippen LogP contribution is -2.42. The van der Waals surface area contributed by atoms with E-state index < -0.39 is 0 Å². The molecule has 6 nitrogen and oxygen atoms in total. The molecule has 0 unspecified atom stereocenters. The lowest BCUT2D eigenvalue weighted by Gasteiger charge is -2.17. The largest absolute Gasteiger partial charge is 0.335 e. The third kappa shape index (κ3) is 4.31. The summed E-state index contributed by atoms with van der Waals surface area (Å²) in [6, 6.07) is -0.235. The Kier molecular flexibility index (Phi) is 5.41. The van der Waals surface area contributed by atoms with Crippen LogP contribution in [0.25, 0.3) is 0 Å². The predicted octanol–water partition coefficient (Wildman–Crippen LogP) is 2.79. The number of rotatable bonds is 5. The second-order valence-corrected chi connectivity index (χ2v) is 6.93. The van der Waals surface area contributed by atoms with Gasteiger partial charge in [-0.2, -0.15) is 5.10 Å². The summed E-state index contributed by atoms with van der Waals surface area (Å²) in [5, 5.41) is 13.3. The van der Waals surface area contributed by atoms with Crippen LogP contribution in [0.3, 0.4) is 0 Å². The fourth-order valence-corrected chi connectivity index (χ4v) is 3.37. The van der Waals surface area contributed by atoms with E-state index in [1.54, 1.807) is 11.3 Å². The Bertz CT molecular complexity index is 691. The van der Waals surface area contributed by atoms with Crippen molar-refractivity contribution in [2.45, 2.75) is 53.1 Å². The Hall–Kier alpha value is -1.89. The van der Waals surface area contributed by atoms with E-state index in [1.807, 2.05) is 44.8 Å². The number of nitrogens with one attached hydrogen (secondary N) is 2. The Morgan fingerprint density at radius 2 is 2.00 bits per heavy atom. The summed E-state index contributed by atoms with van der Waals surface area (Å²) in [6.07, 6.45) is 0.768. The van der Waals surface area contributed by atoms with Gasteiger partial charge in [-0.1, -0.05) is 0 Å². The second-order valence-electron chi connectivity index (χ2n) is 6.04. The van der Waals surface area contributed by atoms with Crippen LogP contribution in [0.5, 0.6) is 0 Å². The highest BCUT2D eigenvalue weighted by Crippen LogP contribution is 2.17. The molecule has 0 spiro atoms. The van der Waals surface area contributed by atoms with Crippen LogP contribution in [0, 0.1) is 20.8 Å². The van der Waals surface area contributed by atoms with Crippen LogP contribution in [-0.4, -0.2) is 26.8 Å². The molecule has 7 heteroatoms. The Morgan fingerprint density at radius 3 is 2.52 bits per heavy atom. The number of aryl methyl sites for hydroxylation is 3. The molecular formula is C16H25N5OS. The number of thiazole rings is 1. The topological polar surface area (TPSA) is 71.8 Å². The maximum Gasteiger partial charge on any atom is 0.315 e. The number of aromatic nitrogens is 3. The van der Waals surface area contributed by atoms with Gasteiger partial charge in [0.15, 0.2) is 0 Å². The monoisotopic (exact) mass is 335 g/mol. The predicted molar refractivity (Wildman–Crippen MR) is 92.8 cm³/mol. The van der Waals surface area contributed by atoms with E-state index in [9.17, 15) is 4.79 Å². The van der Waals surface area contributed by atoms with Gasteiger partial charge in [0.25, 0.3) is 0 Å². The van der Waals surface area contributed by atoms with Crippen molar-refractivity contribution in [3.8, 4) is 0 Å². The van der Waals surface area contributed by atoms with Crippen molar-refractivity contribution >= 4 is 17.4 Å². The smallest absolute Gasteiger partial charge is 0.315 e. The fourth-order valence-electron chi connectivity index (χ4n) is 2.56. The van der Waals surface area contributed by atoms with Gasteiger partial charge in [-0.3, -0.25) is 4.68 Å². The molecule has 2 rings (SSSR count). The highest BCUT2D eigenvalue weighted by atomic mass is 32.1. The number of hydrogen-bond donors (Lipinski definition) is 2. The Labute approximate surface area is 141 Å². The van der Waals surface area contributed by atoms with Gasteiger partial charge in [0, 0.05) is 29.9 Å². The highest BCUT2D eigenvalue weighted by molar-refractivity contribution is 7.09. The second kappa shape index (κ2) is 7.12. The first-order valence-corrected chi connectivity index (χ1v) is 8.64. The van der Waals surface area contributed by atoms with Gasteiger partial charge in [-0.15, -0.1) is 11.3 Å². The summed E-state index contributed by atoms with van der Waals surface area (Å²) in [4.78, 5) is 16.5. The molecule has 23 heavy (non-hydrogen) atoms. The average molecular weight is 335 g/mol. The molecule has 0 radical (unpaired) electrons. The molecule has 0 bridgehead atoms. The van der Waals surface area contributed by atoms with Crippen molar-refractivity contribution in [1.29, 1.82) is 0 Å². The molecule has 0 fully saturated rings. The van der Waals surface area contributed by atoms with Gasteiger partial charge in [0.1, 0.15) is 5.01 Å². The van der Waals surface area contributed by atoms with Crippen molar-refractivity contribution in [3.63, 3.8) is 0 Å². The normalized spacial score (nSPS) is 13.7. The highest BCUT2D eigenvalue weighted by Gasteiger charge is 2.17. The maximum absolute atomic E-state index is 12.1. The minimum Gasteiger partial charge on any atom is -0.335 e. The van der Waals surface area contributed by atoms with Crippen LogP contribution >= 0.6 is 11.3 Å². The van der Waals surface area contributed by atoms with Crippen molar-refractivity contribution < 1.29 is 4.79 Å². The van der Waals surface area contributed by atoms with E-state index in [1.165, 1.54) is 5.56 Å². The molecule has 2 heterocycles. The zero-order valence-electron chi connectivity index (χ0n) is 14.6. The molecule has 2 aromatic rings. The molecule has 0 aliphatic rings. The van der Waals surface area contributed by atoms with Gasteiger partial charge in [0.05, 0.1) is 11.7 Å². The molecule has 0 aromatic carbocycles. The van der Waals surface area contributed by atoms with Gasteiger partial charge in [0.2, 0.25) is 0 Å². The van der Waals surface area contributed by atoms with Crippen molar-refractivity contribution in [2.24, 2.45) is 7.05 Å². The zero-order valence-corrected chi connectivity index (χ0v) is 15.4. The van der Waals surface area contributed by atoms with Crippen LogP contribution < -0.4 is 10.6 Å². The van der Waals surface area contributed by atoms with Crippen LogP contribution in [0.1, 0.15) is 47.5 Å². The summed E-state index contributed by atoms with van der Waals surface area (Å²) >= 11 is 1.56. The molecule has 0 saturated carbocycles. The Balaban J connectivity index is 1.89. The van der Waals surface area contributed by atoms with E-state index >= 15 is 0 Å². The fraction of sp³-hybridized carbons (Fsp3) is 0.562. The number of amides is 2. The summed E-state index contributed by atoms with van der Waals surface area (Å²) in [7, 11) is 1.94. The first kappa shape index (κ1) is 17.5. The molecule has 0 saturated heterocycles. The number of urea groups is 1. The summed E-state index contributed by atoms with van der Waals surface area (Å²) in [6.45, 7) is 9.95. The van der Waals surface area contributed by atoms with Crippen molar-refractivity contribution in [2.75, 3.05) is 0 Å². The maximum atomic E-state index is 12.1. The minimum absolute atomic E-state index is 0.0295. The van der Waals surface area contributed by atoms with Crippen LogP contribution in [0.4, 0.5) is 4.79 Å². The van der Waals surface area contributed by atoms with Crippen LogP contribution in [0.15, 0.2) is 5.38 Å². The lowest BCUT2D eigenvalue weighted by molar-refractivity contribution is 0.234. The summed E-state index contributed by atoms with van der Waals surface area (Å²) < 4.78 is 1.88.